The number of rotatable bonds is 5. The maximum atomic E-state index is 12.0. The van der Waals surface area contributed by atoms with Crippen LogP contribution >= 0.6 is 0 Å². The molecule has 0 aliphatic heterocycles. The van der Waals surface area contributed by atoms with E-state index in [2.05, 4.69) is 0 Å². The Bertz CT molecular complexity index is 458. The van der Waals surface area contributed by atoms with Gasteiger partial charge in [-0.1, -0.05) is 0 Å². The van der Waals surface area contributed by atoms with Crippen LogP contribution in [0.1, 0.15) is 20.3 Å². The average molecular weight is 277 g/mol. The number of nitrogens with zero attached hydrogens (tertiary/aromatic N) is 1. The second-order valence-corrected chi connectivity index (χ2v) is 7.41. The van der Waals surface area contributed by atoms with E-state index in [0.29, 0.717) is 6.42 Å². The van der Waals surface area contributed by atoms with Crippen molar-refractivity contribution >= 4 is 21.7 Å². The van der Waals surface area contributed by atoms with E-state index in [1.54, 1.807) is 13.8 Å². The Morgan fingerprint density at radius 2 is 1.78 bits per heavy atom. The average Bonchev–Trinajstić information content (AvgIpc) is 3.03. The summed E-state index contributed by atoms with van der Waals surface area (Å²) in [5, 5.41) is 8.09. The number of carbonyl (C=O) groups excluding carboxylic acids is 1. The van der Waals surface area contributed by atoms with Crippen molar-refractivity contribution in [2.75, 3.05) is 13.3 Å². The lowest BCUT2D eigenvalue weighted by atomic mass is 10.2. The molecule has 4 atom stereocenters. The summed E-state index contributed by atoms with van der Waals surface area (Å²) in [7, 11) is -1.71. The molecule has 7 heteroatoms. The van der Waals surface area contributed by atoms with E-state index in [1.165, 1.54) is 11.9 Å². The Morgan fingerprint density at radius 1 is 1.28 bits per heavy atom. The number of aliphatic carboxylic acids is 1. The first-order valence-electron chi connectivity index (χ1n) is 5.75. The summed E-state index contributed by atoms with van der Waals surface area (Å²) in [5.41, 5.74) is 0. The van der Waals surface area contributed by atoms with E-state index in [9.17, 15) is 18.0 Å². The van der Waals surface area contributed by atoms with E-state index in [0.717, 1.165) is 6.26 Å². The topological polar surface area (TPSA) is 91.8 Å². The molecule has 0 radical (unpaired) electrons. The fourth-order valence-corrected chi connectivity index (χ4v) is 2.77. The van der Waals surface area contributed by atoms with Gasteiger partial charge in [-0.05, 0) is 20.3 Å². The summed E-state index contributed by atoms with van der Waals surface area (Å²) < 4.78 is 22.9. The maximum Gasteiger partial charge on any atom is 0.307 e. The van der Waals surface area contributed by atoms with Crippen molar-refractivity contribution in [2.24, 2.45) is 11.8 Å². The first-order chi connectivity index (χ1) is 8.07. The molecule has 0 aromatic rings. The molecule has 1 saturated carbocycles. The monoisotopic (exact) mass is 277 g/mol. The second kappa shape index (κ2) is 4.87. The highest BCUT2D eigenvalue weighted by molar-refractivity contribution is 7.91. The van der Waals surface area contributed by atoms with Gasteiger partial charge < -0.3 is 10.0 Å². The third-order valence-electron chi connectivity index (χ3n) is 3.74. The van der Waals surface area contributed by atoms with Crippen molar-refractivity contribution in [1.82, 2.24) is 4.90 Å². The molecule has 104 valence electrons. The number of carboxylic acid groups (broad SMARTS) is 1. The van der Waals surface area contributed by atoms with Gasteiger partial charge in [0.25, 0.3) is 0 Å². The van der Waals surface area contributed by atoms with Crippen LogP contribution in [0.15, 0.2) is 0 Å². The van der Waals surface area contributed by atoms with Crippen LogP contribution in [-0.2, 0) is 19.4 Å². The second-order valence-electron chi connectivity index (χ2n) is 5.01. The Hall–Kier alpha value is -1.11. The van der Waals surface area contributed by atoms with Crippen molar-refractivity contribution in [1.29, 1.82) is 0 Å². The normalized spacial score (nSPS) is 26.2. The fourth-order valence-electron chi connectivity index (χ4n) is 1.88. The van der Waals surface area contributed by atoms with Crippen LogP contribution in [0.5, 0.6) is 0 Å². The minimum atomic E-state index is -3.23. The molecule has 1 fully saturated rings. The molecule has 0 bridgehead atoms. The Kier molecular flexibility index (Phi) is 4.05. The van der Waals surface area contributed by atoms with Crippen LogP contribution in [-0.4, -0.2) is 54.9 Å². The molecule has 1 rings (SSSR count). The first-order valence-corrected chi connectivity index (χ1v) is 7.71. The molecule has 0 aromatic heterocycles. The fraction of sp³-hybridized carbons (Fsp3) is 0.818. The standard InChI is InChI=1S/C11H19NO5S/c1-6(7(2)18(4,16)17)12(3)10(13)8-5-9(8)11(14)15/h6-9H,5H2,1-4H3,(H,14,15)/t6-,7+,8+,9-/m1/s1. The zero-order chi connectivity index (χ0) is 14.2. The van der Waals surface area contributed by atoms with Gasteiger partial charge in [0.2, 0.25) is 5.91 Å². The summed E-state index contributed by atoms with van der Waals surface area (Å²) in [6, 6.07) is -0.470. The van der Waals surface area contributed by atoms with E-state index >= 15 is 0 Å². The van der Waals surface area contributed by atoms with Gasteiger partial charge in [-0.2, -0.15) is 0 Å². The van der Waals surface area contributed by atoms with E-state index in [-0.39, 0.29) is 5.91 Å². The summed E-state index contributed by atoms with van der Waals surface area (Å²) >= 11 is 0. The van der Waals surface area contributed by atoms with Crippen molar-refractivity contribution in [2.45, 2.75) is 31.6 Å². The van der Waals surface area contributed by atoms with Crippen LogP contribution < -0.4 is 0 Å². The highest BCUT2D eigenvalue weighted by Crippen LogP contribution is 2.40. The minimum Gasteiger partial charge on any atom is -0.481 e. The van der Waals surface area contributed by atoms with E-state index in [4.69, 9.17) is 5.11 Å². The third-order valence-corrected chi connectivity index (χ3v) is 5.48. The number of amides is 1. The van der Waals surface area contributed by atoms with Crippen molar-refractivity contribution in [3.05, 3.63) is 0 Å². The highest BCUT2D eigenvalue weighted by atomic mass is 32.2. The van der Waals surface area contributed by atoms with Gasteiger partial charge in [-0.15, -0.1) is 0 Å². The number of carboxylic acids is 1. The van der Waals surface area contributed by atoms with Gasteiger partial charge in [0, 0.05) is 19.3 Å². The molecule has 6 nitrogen and oxygen atoms in total. The molecule has 1 N–H and O–H groups in total. The first kappa shape index (κ1) is 14.9. The van der Waals surface area contributed by atoms with Crippen LogP contribution in [0.25, 0.3) is 0 Å². The van der Waals surface area contributed by atoms with Crippen molar-refractivity contribution in [3.8, 4) is 0 Å². The third kappa shape index (κ3) is 3.01. The van der Waals surface area contributed by atoms with Gasteiger partial charge in [0.05, 0.1) is 17.1 Å². The minimum absolute atomic E-state index is 0.287. The zero-order valence-corrected chi connectivity index (χ0v) is 11.8. The van der Waals surface area contributed by atoms with Gasteiger partial charge in [0.1, 0.15) is 0 Å². The molecule has 0 saturated heterocycles. The largest absolute Gasteiger partial charge is 0.481 e. The molecule has 0 heterocycles. The van der Waals surface area contributed by atoms with Gasteiger partial charge >= 0.3 is 5.97 Å². The highest BCUT2D eigenvalue weighted by Gasteiger charge is 2.50. The molecular weight excluding hydrogens is 258 g/mol. The molecular formula is C11H19NO5S. The summed E-state index contributed by atoms with van der Waals surface area (Å²) in [6.45, 7) is 3.20. The molecule has 1 amide bonds. The van der Waals surface area contributed by atoms with Gasteiger partial charge in [0.15, 0.2) is 9.84 Å². The molecule has 0 aromatic carbocycles. The Labute approximate surface area is 107 Å². The molecule has 1 aliphatic rings. The number of hydrogen-bond donors (Lipinski definition) is 1. The van der Waals surface area contributed by atoms with Gasteiger partial charge in [-0.25, -0.2) is 8.42 Å². The van der Waals surface area contributed by atoms with Crippen molar-refractivity contribution < 1.29 is 23.1 Å². The SMILES string of the molecule is C[C@H]([C@H](C)S(C)(=O)=O)N(C)C(=O)[C@H]1C[C@H]1C(=O)O. The molecule has 1 aliphatic carbocycles. The number of carbonyl (C=O) groups is 2. The molecule has 18 heavy (non-hydrogen) atoms. The predicted octanol–water partition coefficient (Wildman–Crippen LogP) is -0.0129. The molecule has 0 spiro atoms. The van der Waals surface area contributed by atoms with Crippen LogP contribution in [0, 0.1) is 11.8 Å². The predicted molar refractivity (Wildman–Crippen MR) is 65.8 cm³/mol. The summed E-state index contributed by atoms with van der Waals surface area (Å²) in [6.07, 6.45) is 1.47. The quantitative estimate of drug-likeness (QED) is 0.763. The van der Waals surface area contributed by atoms with E-state index in [1.807, 2.05) is 0 Å². The Morgan fingerprint density at radius 3 is 2.11 bits per heavy atom. The van der Waals surface area contributed by atoms with Crippen LogP contribution in [0.4, 0.5) is 0 Å². The smallest absolute Gasteiger partial charge is 0.307 e. The lowest BCUT2D eigenvalue weighted by molar-refractivity contribution is -0.142. The van der Waals surface area contributed by atoms with Gasteiger partial charge in [-0.3, -0.25) is 9.59 Å². The number of sulfone groups is 1. The number of hydrogen-bond acceptors (Lipinski definition) is 4. The van der Waals surface area contributed by atoms with Crippen molar-refractivity contribution in [3.63, 3.8) is 0 Å². The lowest BCUT2D eigenvalue weighted by Gasteiger charge is -2.29. The summed E-state index contributed by atoms with van der Waals surface area (Å²) in [4.78, 5) is 24.0. The zero-order valence-electron chi connectivity index (χ0n) is 11.0. The maximum absolute atomic E-state index is 12.0. The molecule has 0 unspecified atom stereocenters. The lowest BCUT2D eigenvalue weighted by Crippen LogP contribution is -2.45. The Balaban J connectivity index is 2.68. The van der Waals surface area contributed by atoms with Crippen LogP contribution in [0.2, 0.25) is 0 Å². The van der Waals surface area contributed by atoms with E-state index < -0.39 is 38.9 Å². The van der Waals surface area contributed by atoms with Crippen LogP contribution in [0.3, 0.4) is 0 Å². The summed E-state index contributed by atoms with van der Waals surface area (Å²) in [5.74, 6) is -2.36.